The SMILES string of the molecule is Cc1cncc(C(=O)NCc2cccc(S(N)(=O)=O)c2)c1. The number of amides is 1. The minimum absolute atomic E-state index is 0.0199. The normalized spacial score (nSPS) is 11.1. The van der Waals surface area contributed by atoms with Gasteiger partial charge in [-0.25, -0.2) is 13.6 Å². The van der Waals surface area contributed by atoms with E-state index in [4.69, 9.17) is 5.14 Å². The maximum Gasteiger partial charge on any atom is 0.253 e. The summed E-state index contributed by atoms with van der Waals surface area (Å²) in [5.41, 5.74) is 1.99. The number of hydrogen-bond acceptors (Lipinski definition) is 4. The van der Waals surface area contributed by atoms with Crippen LogP contribution >= 0.6 is 0 Å². The molecule has 1 heterocycles. The third-order valence-corrected chi connectivity index (χ3v) is 3.73. The fourth-order valence-electron chi connectivity index (χ4n) is 1.80. The molecule has 0 saturated heterocycles. The maximum atomic E-state index is 12.0. The van der Waals surface area contributed by atoms with E-state index < -0.39 is 10.0 Å². The number of aromatic nitrogens is 1. The summed E-state index contributed by atoms with van der Waals surface area (Å²) in [5, 5.41) is 7.77. The van der Waals surface area contributed by atoms with Gasteiger partial charge in [0, 0.05) is 18.9 Å². The number of sulfonamides is 1. The highest BCUT2D eigenvalue weighted by molar-refractivity contribution is 7.89. The van der Waals surface area contributed by atoms with Crippen molar-refractivity contribution < 1.29 is 13.2 Å². The van der Waals surface area contributed by atoms with E-state index in [0.29, 0.717) is 11.1 Å². The van der Waals surface area contributed by atoms with E-state index in [9.17, 15) is 13.2 Å². The Morgan fingerprint density at radius 2 is 2.05 bits per heavy atom. The zero-order valence-electron chi connectivity index (χ0n) is 11.4. The van der Waals surface area contributed by atoms with E-state index in [1.54, 1.807) is 24.4 Å². The molecule has 0 fully saturated rings. The maximum absolute atomic E-state index is 12.0. The number of carbonyl (C=O) groups excluding carboxylic acids is 1. The van der Waals surface area contributed by atoms with Crippen molar-refractivity contribution in [1.82, 2.24) is 10.3 Å². The van der Waals surface area contributed by atoms with Crippen LogP contribution in [0.15, 0.2) is 47.6 Å². The summed E-state index contributed by atoms with van der Waals surface area (Å²) in [7, 11) is -3.74. The molecule has 1 aromatic carbocycles. The molecular formula is C14H15N3O3S. The first-order valence-corrected chi connectivity index (χ1v) is 7.72. The molecule has 3 N–H and O–H groups in total. The molecular weight excluding hydrogens is 290 g/mol. The molecule has 0 atom stereocenters. The minimum atomic E-state index is -3.74. The van der Waals surface area contributed by atoms with Gasteiger partial charge in [0.25, 0.3) is 5.91 Å². The van der Waals surface area contributed by atoms with Crippen LogP contribution < -0.4 is 10.5 Å². The van der Waals surface area contributed by atoms with Gasteiger partial charge in [-0.1, -0.05) is 12.1 Å². The quantitative estimate of drug-likeness (QED) is 0.878. The van der Waals surface area contributed by atoms with E-state index >= 15 is 0 Å². The first-order chi connectivity index (χ1) is 9.86. The molecule has 2 aromatic rings. The zero-order chi connectivity index (χ0) is 15.5. The fraction of sp³-hybridized carbons (Fsp3) is 0.143. The van der Waals surface area contributed by atoms with Crippen molar-refractivity contribution in [1.29, 1.82) is 0 Å². The van der Waals surface area contributed by atoms with Crippen molar-refractivity contribution in [2.24, 2.45) is 5.14 Å². The summed E-state index contributed by atoms with van der Waals surface area (Å²) in [5.74, 6) is -0.271. The summed E-state index contributed by atoms with van der Waals surface area (Å²) in [6.07, 6.45) is 3.13. The van der Waals surface area contributed by atoms with Gasteiger partial charge in [-0.15, -0.1) is 0 Å². The van der Waals surface area contributed by atoms with Crippen molar-refractivity contribution >= 4 is 15.9 Å². The molecule has 1 aromatic heterocycles. The Bertz CT molecular complexity index is 773. The minimum Gasteiger partial charge on any atom is -0.348 e. The van der Waals surface area contributed by atoms with Crippen molar-refractivity contribution in [2.75, 3.05) is 0 Å². The van der Waals surface area contributed by atoms with Gasteiger partial charge in [-0.2, -0.15) is 0 Å². The second kappa shape index (κ2) is 6.02. The lowest BCUT2D eigenvalue weighted by Crippen LogP contribution is -2.23. The van der Waals surface area contributed by atoms with Crippen molar-refractivity contribution in [3.8, 4) is 0 Å². The second-order valence-corrected chi connectivity index (χ2v) is 6.19. The monoisotopic (exact) mass is 305 g/mol. The lowest BCUT2D eigenvalue weighted by molar-refractivity contribution is 0.0950. The Balaban J connectivity index is 2.08. The Hall–Kier alpha value is -2.25. The molecule has 0 aliphatic carbocycles. The smallest absolute Gasteiger partial charge is 0.253 e. The van der Waals surface area contributed by atoms with Gasteiger partial charge in [-0.05, 0) is 36.2 Å². The summed E-state index contributed by atoms with van der Waals surface area (Å²) < 4.78 is 22.5. The Labute approximate surface area is 123 Å². The number of rotatable bonds is 4. The van der Waals surface area contributed by atoms with Crippen molar-refractivity contribution in [3.05, 3.63) is 59.4 Å². The van der Waals surface area contributed by atoms with Crippen LogP contribution in [-0.4, -0.2) is 19.3 Å². The first-order valence-electron chi connectivity index (χ1n) is 6.18. The number of nitrogens with one attached hydrogen (secondary N) is 1. The standard InChI is InChI=1S/C14H15N3O3S/c1-10-5-12(9-16-7-10)14(18)17-8-11-3-2-4-13(6-11)21(15,19)20/h2-7,9H,8H2,1H3,(H,17,18)(H2,15,19,20). The molecule has 110 valence electrons. The highest BCUT2D eigenvalue weighted by Gasteiger charge is 2.09. The van der Waals surface area contributed by atoms with Gasteiger partial charge >= 0.3 is 0 Å². The number of nitrogens with two attached hydrogens (primary N) is 1. The number of pyridine rings is 1. The number of aryl methyl sites for hydroxylation is 1. The fourth-order valence-corrected chi connectivity index (χ4v) is 2.38. The Morgan fingerprint density at radius 1 is 1.29 bits per heavy atom. The van der Waals surface area contributed by atoms with Crippen LogP contribution in [0.25, 0.3) is 0 Å². The second-order valence-electron chi connectivity index (χ2n) is 4.63. The van der Waals surface area contributed by atoms with Gasteiger partial charge in [0.15, 0.2) is 0 Å². The molecule has 21 heavy (non-hydrogen) atoms. The lowest BCUT2D eigenvalue weighted by Gasteiger charge is -2.07. The number of carbonyl (C=O) groups is 1. The van der Waals surface area contributed by atoms with E-state index in [2.05, 4.69) is 10.3 Å². The third kappa shape index (κ3) is 4.11. The van der Waals surface area contributed by atoms with Crippen LogP contribution in [-0.2, 0) is 16.6 Å². The van der Waals surface area contributed by atoms with Gasteiger partial charge in [0.1, 0.15) is 0 Å². The van der Waals surface area contributed by atoms with Gasteiger partial charge < -0.3 is 5.32 Å². The van der Waals surface area contributed by atoms with E-state index in [1.165, 1.54) is 18.3 Å². The molecule has 6 nitrogen and oxygen atoms in total. The van der Waals surface area contributed by atoms with Gasteiger partial charge in [0.2, 0.25) is 10.0 Å². The van der Waals surface area contributed by atoms with E-state index in [-0.39, 0.29) is 17.3 Å². The molecule has 0 aliphatic rings. The molecule has 2 rings (SSSR count). The van der Waals surface area contributed by atoms with E-state index in [0.717, 1.165) is 5.56 Å². The largest absolute Gasteiger partial charge is 0.348 e. The molecule has 7 heteroatoms. The third-order valence-electron chi connectivity index (χ3n) is 2.82. The first kappa shape index (κ1) is 15.1. The lowest BCUT2D eigenvalue weighted by atomic mass is 10.2. The van der Waals surface area contributed by atoms with Crippen LogP contribution in [0.4, 0.5) is 0 Å². The molecule has 0 bridgehead atoms. The topological polar surface area (TPSA) is 102 Å². The molecule has 1 amide bonds. The number of hydrogen-bond donors (Lipinski definition) is 2. The summed E-state index contributed by atoms with van der Waals surface area (Å²) in [6.45, 7) is 2.05. The molecule has 0 saturated carbocycles. The average molecular weight is 305 g/mol. The predicted molar refractivity (Wildman–Crippen MR) is 78.0 cm³/mol. The summed E-state index contributed by atoms with van der Waals surface area (Å²) >= 11 is 0. The van der Waals surface area contributed by atoms with Gasteiger partial charge in [-0.3, -0.25) is 9.78 Å². The molecule has 0 unspecified atom stereocenters. The number of primary sulfonamides is 1. The average Bonchev–Trinajstić information content (AvgIpc) is 2.44. The van der Waals surface area contributed by atoms with Crippen molar-refractivity contribution in [3.63, 3.8) is 0 Å². The Kier molecular flexibility index (Phi) is 4.35. The number of nitrogens with zero attached hydrogens (tertiary/aromatic N) is 1. The summed E-state index contributed by atoms with van der Waals surface area (Å²) in [6, 6.07) is 7.86. The Morgan fingerprint density at radius 3 is 2.71 bits per heavy atom. The van der Waals surface area contributed by atoms with Crippen LogP contribution in [0.2, 0.25) is 0 Å². The predicted octanol–water partition coefficient (Wildman–Crippen LogP) is 0.967. The highest BCUT2D eigenvalue weighted by atomic mass is 32.2. The number of benzene rings is 1. The van der Waals surface area contributed by atoms with Gasteiger partial charge in [0.05, 0.1) is 10.5 Å². The molecule has 0 radical (unpaired) electrons. The highest BCUT2D eigenvalue weighted by Crippen LogP contribution is 2.10. The zero-order valence-corrected chi connectivity index (χ0v) is 12.2. The summed E-state index contributed by atoms with van der Waals surface area (Å²) in [4.78, 5) is 15.9. The van der Waals surface area contributed by atoms with Crippen LogP contribution in [0.3, 0.4) is 0 Å². The van der Waals surface area contributed by atoms with Crippen molar-refractivity contribution in [2.45, 2.75) is 18.4 Å². The van der Waals surface area contributed by atoms with Crippen LogP contribution in [0.1, 0.15) is 21.5 Å². The van der Waals surface area contributed by atoms with Crippen LogP contribution in [0, 0.1) is 6.92 Å². The molecule has 0 spiro atoms. The van der Waals surface area contributed by atoms with Crippen LogP contribution in [0.5, 0.6) is 0 Å². The molecule has 0 aliphatic heterocycles. The van der Waals surface area contributed by atoms with E-state index in [1.807, 2.05) is 6.92 Å².